The van der Waals surface area contributed by atoms with Gasteiger partial charge in [0.1, 0.15) is 5.57 Å². The topological polar surface area (TPSA) is 0 Å². The van der Waals surface area contributed by atoms with Crippen molar-refractivity contribution in [1.29, 1.82) is 0 Å². The summed E-state index contributed by atoms with van der Waals surface area (Å²) in [6.07, 6.45) is 0. The van der Waals surface area contributed by atoms with Crippen LogP contribution in [0.4, 0.5) is 4.39 Å². The highest BCUT2D eigenvalue weighted by molar-refractivity contribution is 7.22. The van der Waals surface area contributed by atoms with Gasteiger partial charge in [0.15, 0.2) is 0 Å². The van der Waals surface area contributed by atoms with Gasteiger partial charge < -0.3 is 0 Å². The standard InChI is InChI=1S/C4H8FP/c1-3(2)4(5)6/h6H2,1-2H3. The highest BCUT2D eigenvalue weighted by Gasteiger charge is 1.81. The monoisotopic (exact) mass is 106 g/mol. The van der Waals surface area contributed by atoms with Gasteiger partial charge in [-0.3, -0.25) is 0 Å². The molecule has 0 heterocycles. The quantitative estimate of drug-likeness (QED) is 0.415. The summed E-state index contributed by atoms with van der Waals surface area (Å²) in [5, 5.41) is 0. The lowest BCUT2D eigenvalue weighted by atomic mass is 10.4. The van der Waals surface area contributed by atoms with Crippen LogP contribution in [0.25, 0.3) is 0 Å². The normalized spacial score (nSPS) is 8.00. The predicted molar refractivity (Wildman–Crippen MR) is 29.2 cm³/mol. The maximum Gasteiger partial charge on any atom is 0.115 e. The number of halogens is 1. The molecular formula is C4H8FP. The van der Waals surface area contributed by atoms with Crippen LogP contribution in [-0.2, 0) is 0 Å². The zero-order valence-corrected chi connectivity index (χ0v) is 5.11. The SMILES string of the molecule is CC(C)=C(F)P. The summed E-state index contributed by atoms with van der Waals surface area (Å²) in [5.74, 6) is 0. The fraction of sp³-hybridized carbons (Fsp3) is 0.500. The zero-order valence-electron chi connectivity index (χ0n) is 3.96. The zero-order chi connectivity index (χ0) is 5.15. The summed E-state index contributed by atoms with van der Waals surface area (Å²) >= 11 is 0. The lowest BCUT2D eigenvalue weighted by Gasteiger charge is -1.83. The fourth-order valence-corrected chi connectivity index (χ4v) is 0. The first-order chi connectivity index (χ1) is 2.64. The van der Waals surface area contributed by atoms with E-state index in [0.29, 0.717) is 0 Å². The Kier molecular flexibility index (Phi) is 2.34. The van der Waals surface area contributed by atoms with Gasteiger partial charge in [-0.15, -0.1) is 0 Å². The van der Waals surface area contributed by atoms with E-state index in [-0.39, 0.29) is 5.57 Å². The molecule has 0 bridgehead atoms. The Morgan fingerprint density at radius 1 is 1.50 bits per heavy atom. The molecule has 0 radical (unpaired) electrons. The summed E-state index contributed by atoms with van der Waals surface area (Å²) < 4.78 is 11.7. The molecule has 0 saturated carbocycles. The highest BCUT2D eigenvalue weighted by atomic mass is 31.0. The Bertz CT molecular complexity index is 57.6. The van der Waals surface area contributed by atoms with Gasteiger partial charge in [-0.25, -0.2) is 4.39 Å². The summed E-state index contributed by atoms with van der Waals surface area (Å²) in [6, 6.07) is 0. The van der Waals surface area contributed by atoms with E-state index in [9.17, 15) is 4.39 Å². The van der Waals surface area contributed by atoms with Gasteiger partial charge in [0.25, 0.3) is 0 Å². The van der Waals surface area contributed by atoms with E-state index < -0.39 is 0 Å². The van der Waals surface area contributed by atoms with E-state index in [1.165, 1.54) is 0 Å². The highest BCUT2D eigenvalue weighted by Crippen LogP contribution is 2.10. The molecule has 0 aromatic carbocycles. The van der Waals surface area contributed by atoms with E-state index in [1.54, 1.807) is 13.8 Å². The van der Waals surface area contributed by atoms with Crippen LogP contribution in [0, 0.1) is 0 Å². The van der Waals surface area contributed by atoms with E-state index in [4.69, 9.17) is 0 Å². The van der Waals surface area contributed by atoms with Gasteiger partial charge >= 0.3 is 0 Å². The predicted octanol–water partition coefficient (Wildman–Crippen LogP) is 2.08. The number of hydrogen-bond donors (Lipinski definition) is 0. The van der Waals surface area contributed by atoms with Gasteiger partial charge in [-0.05, 0) is 19.4 Å². The van der Waals surface area contributed by atoms with Gasteiger partial charge in [0.2, 0.25) is 0 Å². The van der Waals surface area contributed by atoms with E-state index in [2.05, 4.69) is 0 Å². The fourth-order valence-electron chi connectivity index (χ4n) is 0. The van der Waals surface area contributed by atoms with Crippen molar-refractivity contribution < 1.29 is 4.39 Å². The first kappa shape index (κ1) is 6.10. The molecule has 0 aliphatic rings. The van der Waals surface area contributed by atoms with Crippen LogP contribution in [0.3, 0.4) is 0 Å². The minimum atomic E-state index is -0.157. The third-order valence-electron chi connectivity index (χ3n) is 0.478. The van der Waals surface area contributed by atoms with Crippen LogP contribution in [0.15, 0.2) is 11.1 Å². The van der Waals surface area contributed by atoms with Gasteiger partial charge in [-0.2, -0.15) is 0 Å². The van der Waals surface area contributed by atoms with Gasteiger partial charge in [0, 0.05) is 0 Å². The molecule has 6 heavy (non-hydrogen) atoms. The first-order valence-electron chi connectivity index (χ1n) is 1.73. The molecule has 0 amide bonds. The lowest BCUT2D eigenvalue weighted by Crippen LogP contribution is -1.59. The smallest absolute Gasteiger partial charge is 0.115 e. The van der Waals surface area contributed by atoms with Crippen molar-refractivity contribution in [2.45, 2.75) is 13.8 Å². The van der Waals surface area contributed by atoms with Crippen LogP contribution < -0.4 is 0 Å². The average molecular weight is 106 g/mol. The molecule has 0 nitrogen and oxygen atoms in total. The molecule has 0 fully saturated rings. The molecular weight excluding hydrogens is 98.0 g/mol. The number of hydrogen-bond acceptors (Lipinski definition) is 0. The van der Waals surface area contributed by atoms with Gasteiger partial charge in [0.05, 0.1) is 0 Å². The molecule has 0 aliphatic carbocycles. The molecule has 0 spiro atoms. The second-order valence-electron chi connectivity index (χ2n) is 1.35. The van der Waals surface area contributed by atoms with Crippen LogP contribution in [0.2, 0.25) is 0 Å². The van der Waals surface area contributed by atoms with Crippen molar-refractivity contribution in [3.63, 3.8) is 0 Å². The molecule has 0 aromatic rings. The van der Waals surface area contributed by atoms with Crippen molar-refractivity contribution in [2.24, 2.45) is 0 Å². The minimum Gasteiger partial charge on any atom is -0.207 e. The van der Waals surface area contributed by atoms with Crippen molar-refractivity contribution in [1.82, 2.24) is 0 Å². The van der Waals surface area contributed by atoms with Crippen molar-refractivity contribution in [3.05, 3.63) is 11.1 Å². The summed E-state index contributed by atoms with van der Waals surface area (Å²) in [6.45, 7) is 3.45. The van der Waals surface area contributed by atoms with Crippen LogP contribution in [0.1, 0.15) is 13.8 Å². The number of allylic oxidation sites excluding steroid dienone is 1. The van der Waals surface area contributed by atoms with Crippen molar-refractivity contribution in [2.75, 3.05) is 0 Å². The van der Waals surface area contributed by atoms with Crippen LogP contribution in [0.5, 0.6) is 0 Å². The molecule has 1 atom stereocenters. The van der Waals surface area contributed by atoms with Crippen LogP contribution >= 0.6 is 9.24 Å². The molecule has 0 rings (SSSR count). The molecule has 0 aliphatic heterocycles. The van der Waals surface area contributed by atoms with E-state index in [1.807, 2.05) is 9.24 Å². The molecule has 36 valence electrons. The first-order valence-corrected chi connectivity index (χ1v) is 2.31. The third-order valence-corrected chi connectivity index (χ3v) is 1.06. The molecule has 0 aromatic heterocycles. The molecule has 1 unspecified atom stereocenters. The largest absolute Gasteiger partial charge is 0.207 e. The summed E-state index contributed by atoms with van der Waals surface area (Å²) in [5.41, 5.74) is 0.565. The maximum atomic E-state index is 11.7. The second-order valence-corrected chi connectivity index (χ2v) is 1.85. The van der Waals surface area contributed by atoms with E-state index in [0.717, 1.165) is 5.57 Å². The minimum absolute atomic E-state index is 0.157. The molecule has 0 saturated heterocycles. The third kappa shape index (κ3) is 2.34. The second kappa shape index (κ2) is 2.30. The average Bonchev–Trinajstić information content (AvgIpc) is 1.36. The molecule has 0 N–H and O–H groups in total. The molecule has 2 heteroatoms. The summed E-state index contributed by atoms with van der Waals surface area (Å²) in [4.78, 5) is 0. The Balaban J connectivity index is 3.68. The summed E-state index contributed by atoms with van der Waals surface area (Å²) in [7, 11) is 1.99. The van der Waals surface area contributed by atoms with Crippen molar-refractivity contribution >= 4 is 9.24 Å². The van der Waals surface area contributed by atoms with Gasteiger partial charge in [-0.1, -0.05) is 9.24 Å². The van der Waals surface area contributed by atoms with Crippen molar-refractivity contribution in [3.8, 4) is 0 Å². The Morgan fingerprint density at radius 3 is 1.67 bits per heavy atom. The Hall–Kier alpha value is 0.100. The Morgan fingerprint density at radius 2 is 1.67 bits per heavy atom. The van der Waals surface area contributed by atoms with Crippen LogP contribution in [-0.4, -0.2) is 0 Å². The Labute approximate surface area is 39.6 Å². The van der Waals surface area contributed by atoms with E-state index >= 15 is 0 Å². The number of rotatable bonds is 0. The lowest BCUT2D eigenvalue weighted by molar-refractivity contribution is 0.687. The maximum absolute atomic E-state index is 11.7.